The number of rotatable bonds is 16. The molecule has 5 heteroatoms. The molecule has 2 unspecified atom stereocenters. The molecule has 5 aromatic rings. The molecule has 5 nitrogen and oxygen atoms in total. The van der Waals surface area contributed by atoms with Crippen LogP contribution in [-0.4, -0.2) is 37.0 Å². The Hall–Kier alpha value is -5.94. The number of aliphatic hydroxyl groups is 1. The van der Waals surface area contributed by atoms with E-state index in [0.717, 1.165) is 92.9 Å². The molecule has 5 aromatic carbocycles. The fourth-order valence-electron chi connectivity index (χ4n) is 7.63. The van der Waals surface area contributed by atoms with Gasteiger partial charge in [0.2, 0.25) is 0 Å². The number of aliphatic hydroxyl groups excluding tert-OH is 1. The van der Waals surface area contributed by atoms with Gasteiger partial charge in [-0.15, -0.1) is 0 Å². The molecule has 0 aliphatic heterocycles. The number of anilines is 1. The van der Waals surface area contributed by atoms with E-state index in [-0.39, 0.29) is 17.8 Å². The molecule has 0 bridgehead atoms. The van der Waals surface area contributed by atoms with Gasteiger partial charge in [0.05, 0.1) is 29.6 Å². The second kappa shape index (κ2) is 18.6. The second-order valence-corrected chi connectivity index (χ2v) is 14.7. The Bertz CT molecular complexity index is 2330. The lowest BCUT2D eigenvalue weighted by Gasteiger charge is -2.35. The Balaban J connectivity index is 1.50. The van der Waals surface area contributed by atoms with Crippen LogP contribution in [0.15, 0.2) is 150 Å². The maximum absolute atomic E-state index is 13.0. The van der Waals surface area contributed by atoms with Gasteiger partial charge in [0.25, 0.3) is 0 Å². The van der Waals surface area contributed by atoms with Gasteiger partial charge in [-0.1, -0.05) is 142 Å². The van der Waals surface area contributed by atoms with Gasteiger partial charge in [0.1, 0.15) is 5.76 Å². The highest BCUT2D eigenvalue weighted by Crippen LogP contribution is 2.47. The molecule has 0 heterocycles. The van der Waals surface area contributed by atoms with Gasteiger partial charge in [0.15, 0.2) is 0 Å². The Labute approximate surface area is 332 Å². The van der Waals surface area contributed by atoms with Gasteiger partial charge in [-0.25, -0.2) is 4.79 Å². The van der Waals surface area contributed by atoms with Gasteiger partial charge >= 0.3 is 5.97 Å². The standard InChI is InChI=1S/C51H54N2O3/c1-7-11-16-36(9-3)34-56-51(55)39-25-23-38(24-26-39)40-27-29-44-45-30-28-41(37-21-19-35(5)20-22-37)32-47(45)50(49(52-6)46(44)31-40)53(43-17-13-12-14-18-43)33-42(15-8-2)48(54)10-4/h8,10,12-15,17,19-32,36,43,54H,2,6-7,9,11,16,18,33-34H2,1,3-5H3/b42-15-,48-10+. The molecule has 1 N–H and O–H groups in total. The normalized spacial score (nSPS) is 14.9. The number of allylic oxidation sites excluding steroid dienone is 5. The minimum atomic E-state index is -0.287. The number of hydrogen-bond acceptors (Lipinski definition) is 5. The second-order valence-electron chi connectivity index (χ2n) is 14.7. The number of benzene rings is 5. The molecule has 286 valence electrons. The maximum Gasteiger partial charge on any atom is 0.338 e. The topological polar surface area (TPSA) is 62.1 Å². The van der Waals surface area contributed by atoms with Gasteiger partial charge in [-0.05, 0) is 103 Å². The number of esters is 1. The molecule has 0 spiro atoms. The summed E-state index contributed by atoms with van der Waals surface area (Å²) >= 11 is 0. The number of aliphatic imine (C=N–C) groups is 1. The number of hydrogen-bond donors (Lipinski definition) is 1. The number of fused-ring (bicyclic) bond motifs is 3. The summed E-state index contributed by atoms with van der Waals surface area (Å²) in [6.07, 6.45) is 19.0. The van der Waals surface area contributed by atoms with Crippen molar-refractivity contribution in [3.8, 4) is 22.3 Å². The molecule has 0 saturated carbocycles. The van der Waals surface area contributed by atoms with Crippen LogP contribution < -0.4 is 4.90 Å². The minimum Gasteiger partial charge on any atom is -0.508 e. The van der Waals surface area contributed by atoms with Crippen LogP contribution in [0.4, 0.5) is 11.4 Å². The van der Waals surface area contributed by atoms with Crippen molar-refractivity contribution in [2.45, 2.75) is 65.8 Å². The molecule has 0 radical (unpaired) electrons. The highest BCUT2D eigenvalue weighted by molar-refractivity contribution is 6.21. The van der Waals surface area contributed by atoms with E-state index in [1.807, 2.05) is 37.3 Å². The zero-order chi connectivity index (χ0) is 39.6. The molecular weight excluding hydrogens is 689 g/mol. The number of nitrogens with zero attached hydrogens (tertiary/aromatic N) is 2. The van der Waals surface area contributed by atoms with Gasteiger partial charge in [0, 0.05) is 22.9 Å². The van der Waals surface area contributed by atoms with Crippen molar-refractivity contribution >= 4 is 45.6 Å². The number of unbranched alkanes of at least 4 members (excludes halogenated alkanes) is 1. The lowest BCUT2D eigenvalue weighted by molar-refractivity contribution is 0.0428. The predicted molar refractivity (Wildman–Crippen MR) is 239 cm³/mol. The van der Waals surface area contributed by atoms with Crippen LogP contribution in [0.1, 0.15) is 68.8 Å². The number of ether oxygens (including phenoxy) is 1. The summed E-state index contributed by atoms with van der Waals surface area (Å²) < 4.78 is 5.74. The molecule has 1 aliphatic carbocycles. The average Bonchev–Trinajstić information content (AvgIpc) is 3.24. The Morgan fingerprint density at radius 3 is 2.14 bits per heavy atom. The summed E-state index contributed by atoms with van der Waals surface area (Å²) in [6, 6.07) is 29.4. The van der Waals surface area contributed by atoms with Gasteiger partial charge < -0.3 is 14.7 Å². The maximum atomic E-state index is 13.0. The third kappa shape index (κ3) is 8.79. The van der Waals surface area contributed by atoms with Crippen molar-refractivity contribution in [1.82, 2.24) is 0 Å². The number of aryl methyl sites for hydroxylation is 1. The zero-order valence-electron chi connectivity index (χ0n) is 33.3. The van der Waals surface area contributed by atoms with E-state index in [1.54, 1.807) is 12.2 Å². The van der Waals surface area contributed by atoms with Crippen molar-refractivity contribution in [1.29, 1.82) is 0 Å². The molecule has 0 aromatic heterocycles. The van der Waals surface area contributed by atoms with Crippen LogP contribution in [0.2, 0.25) is 0 Å². The molecule has 0 amide bonds. The number of carbonyl (C=O) groups excluding carboxylic acids is 1. The highest BCUT2D eigenvalue weighted by Gasteiger charge is 2.26. The van der Waals surface area contributed by atoms with E-state index < -0.39 is 0 Å². The van der Waals surface area contributed by atoms with Crippen LogP contribution in [0, 0.1) is 12.8 Å². The molecule has 0 saturated heterocycles. The monoisotopic (exact) mass is 742 g/mol. The molecule has 0 fully saturated rings. The van der Waals surface area contributed by atoms with Crippen molar-refractivity contribution in [2.24, 2.45) is 10.9 Å². The summed E-state index contributed by atoms with van der Waals surface area (Å²) in [5.41, 5.74) is 8.44. The molecule has 56 heavy (non-hydrogen) atoms. The van der Waals surface area contributed by atoms with E-state index >= 15 is 0 Å². The van der Waals surface area contributed by atoms with E-state index in [9.17, 15) is 9.90 Å². The van der Waals surface area contributed by atoms with E-state index in [1.165, 1.54) is 5.56 Å². The molecule has 2 atom stereocenters. The first-order valence-electron chi connectivity index (χ1n) is 19.9. The largest absolute Gasteiger partial charge is 0.508 e. The minimum absolute atomic E-state index is 0.0169. The van der Waals surface area contributed by atoms with Crippen LogP contribution in [-0.2, 0) is 4.74 Å². The molecule has 6 rings (SSSR count). The SMILES string of the molecule is C=C/C=C(CN(c1c(N=C)c2cc(-c3ccc(C(=O)OCC(CC)CCCC)cc3)ccc2c2ccc(-c3ccc(C)cc3)cc12)C1C=CC=CC1)\C(O)=C/C. The quantitative estimate of drug-likeness (QED) is 0.0359. The summed E-state index contributed by atoms with van der Waals surface area (Å²) in [5.74, 6) is 0.309. The van der Waals surface area contributed by atoms with Gasteiger partial charge in [-0.2, -0.15) is 0 Å². The molecule has 1 aliphatic rings. The first kappa shape index (κ1) is 39.7. The van der Waals surface area contributed by atoms with E-state index in [0.29, 0.717) is 24.6 Å². The van der Waals surface area contributed by atoms with Crippen LogP contribution >= 0.6 is 0 Å². The van der Waals surface area contributed by atoms with Crippen molar-refractivity contribution in [3.63, 3.8) is 0 Å². The van der Waals surface area contributed by atoms with Crippen molar-refractivity contribution < 1.29 is 14.6 Å². The Morgan fingerprint density at radius 1 is 0.911 bits per heavy atom. The lowest BCUT2D eigenvalue weighted by Crippen LogP contribution is -2.36. The Kier molecular flexibility index (Phi) is 13.2. The average molecular weight is 743 g/mol. The fraction of sp³-hybridized carbons (Fsp3) is 0.255. The zero-order valence-corrected chi connectivity index (χ0v) is 33.3. The van der Waals surface area contributed by atoms with E-state index in [2.05, 4.69) is 124 Å². The van der Waals surface area contributed by atoms with Crippen LogP contribution in [0.5, 0.6) is 0 Å². The smallest absolute Gasteiger partial charge is 0.338 e. The molecular formula is C51H54N2O3. The first-order chi connectivity index (χ1) is 27.3. The lowest BCUT2D eigenvalue weighted by atomic mass is 9.91. The third-order valence-corrected chi connectivity index (χ3v) is 11.0. The van der Waals surface area contributed by atoms with Crippen molar-refractivity contribution in [3.05, 3.63) is 156 Å². The Morgan fingerprint density at radius 2 is 1.55 bits per heavy atom. The predicted octanol–water partition coefficient (Wildman–Crippen LogP) is 13.6. The summed E-state index contributed by atoms with van der Waals surface area (Å²) in [6.45, 7) is 17.3. The van der Waals surface area contributed by atoms with E-state index in [4.69, 9.17) is 9.73 Å². The first-order valence-corrected chi connectivity index (χ1v) is 19.9. The van der Waals surface area contributed by atoms with Crippen LogP contribution in [0.25, 0.3) is 43.8 Å². The third-order valence-electron chi connectivity index (χ3n) is 11.0. The van der Waals surface area contributed by atoms with Gasteiger partial charge in [-0.3, -0.25) is 4.99 Å². The fourth-order valence-corrected chi connectivity index (χ4v) is 7.63. The summed E-state index contributed by atoms with van der Waals surface area (Å²) in [4.78, 5) is 20.2. The summed E-state index contributed by atoms with van der Waals surface area (Å²) in [5, 5.41) is 15.3. The highest BCUT2D eigenvalue weighted by atomic mass is 16.5. The summed E-state index contributed by atoms with van der Waals surface area (Å²) in [7, 11) is 0. The van der Waals surface area contributed by atoms with Crippen molar-refractivity contribution in [2.75, 3.05) is 18.1 Å². The number of carbonyl (C=O) groups is 1. The van der Waals surface area contributed by atoms with Crippen LogP contribution in [0.3, 0.4) is 0 Å².